The Balaban J connectivity index is 1.83. The summed E-state index contributed by atoms with van der Waals surface area (Å²) in [4.78, 5) is 5.61. The maximum atomic E-state index is 5.31. The lowest BCUT2D eigenvalue weighted by atomic mass is 10.1. The van der Waals surface area contributed by atoms with Crippen LogP contribution >= 0.6 is 11.3 Å². The number of benzene rings is 1. The van der Waals surface area contributed by atoms with Crippen LogP contribution in [0.4, 0.5) is 0 Å². The van der Waals surface area contributed by atoms with Crippen molar-refractivity contribution in [1.29, 1.82) is 0 Å². The van der Waals surface area contributed by atoms with Crippen LogP contribution in [0.2, 0.25) is 0 Å². The lowest BCUT2D eigenvalue weighted by Crippen LogP contribution is -2.22. The minimum absolute atomic E-state index is 0.0559. The average Bonchev–Trinajstić information content (AvgIpc) is 3.32. The highest BCUT2D eigenvalue weighted by molar-refractivity contribution is 7.17. The van der Waals surface area contributed by atoms with Crippen molar-refractivity contribution in [3.05, 3.63) is 40.4 Å². The van der Waals surface area contributed by atoms with Gasteiger partial charge < -0.3 is 11.5 Å². The third-order valence-electron chi connectivity index (χ3n) is 3.57. The summed E-state index contributed by atoms with van der Waals surface area (Å²) in [5.41, 5.74) is 14.4. The van der Waals surface area contributed by atoms with Crippen molar-refractivity contribution in [2.75, 3.05) is 0 Å². The second kappa shape index (κ2) is 6.85. The maximum absolute atomic E-state index is 5.31. The largest absolute Gasteiger partial charge is 0.369 e. The molecule has 3 rings (SSSR count). The Bertz CT molecular complexity index is 857. The Labute approximate surface area is 145 Å². The molecule has 1 aliphatic rings. The van der Waals surface area contributed by atoms with Crippen molar-refractivity contribution in [3.8, 4) is 22.4 Å². The fraction of sp³-hybridized carbons (Fsp3) is 0.278. The van der Waals surface area contributed by atoms with Crippen LogP contribution < -0.4 is 11.5 Å². The summed E-state index contributed by atoms with van der Waals surface area (Å²) in [6.07, 6.45) is 2.49. The first-order valence-electron chi connectivity index (χ1n) is 7.76. The zero-order valence-corrected chi connectivity index (χ0v) is 14.5. The van der Waals surface area contributed by atoms with E-state index in [1.165, 1.54) is 12.8 Å². The van der Waals surface area contributed by atoms with E-state index in [4.69, 9.17) is 11.5 Å². The summed E-state index contributed by atoms with van der Waals surface area (Å²) in [6, 6.07) is 8.20. The number of aromatic nitrogens is 1. The third kappa shape index (κ3) is 4.00. The lowest BCUT2D eigenvalue weighted by molar-refractivity contribution is 1.18. The van der Waals surface area contributed by atoms with Crippen LogP contribution in [0, 0.1) is 24.7 Å². The molecule has 0 unspecified atom stereocenters. The summed E-state index contributed by atoms with van der Waals surface area (Å²) in [7, 11) is 0. The zero-order valence-electron chi connectivity index (χ0n) is 13.7. The van der Waals surface area contributed by atoms with Crippen LogP contribution in [0.3, 0.4) is 0 Å². The van der Waals surface area contributed by atoms with Crippen LogP contribution in [0.5, 0.6) is 0 Å². The lowest BCUT2D eigenvalue weighted by Gasteiger charge is -1.96. The van der Waals surface area contributed by atoms with Gasteiger partial charge in [-0.1, -0.05) is 24.0 Å². The van der Waals surface area contributed by atoms with Gasteiger partial charge in [0.15, 0.2) is 0 Å². The molecular weight excluding hydrogens is 318 g/mol. The summed E-state index contributed by atoms with van der Waals surface area (Å²) in [5, 5.41) is 8.68. The molecule has 122 valence electrons. The molecule has 0 amide bonds. The predicted molar refractivity (Wildman–Crippen MR) is 99.9 cm³/mol. The van der Waals surface area contributed by atoms with Gasteiger partial charge in [-0.05, 0) is 38.8 Å². The van der Waals surface area contributed by atoms with E-state index in [1.807, 2.05) is 26.0 Å². The second-order valence-corrected chi connectivity index (χ2v) is 6.76. The van der Waals surface area contributed by atoms with Gasteiger partial charge in [0.25, 0.3) is 0 Å². The predicted octanol–water partition coefficient (Wildman–Crippen LogP) is 2.88. The number of nitrogens with zero attached hydrogens (tertiary/aromatic N) is 3. The molecule has 0 bridgehead atoms. The van der Waals surface area contributed by atoms with E-state index in [1.54, 1.807) is 11.3 Å². The smallest absolute Gasteiger partial charge is 0.211 e. The summed E-state index contributed by atoms with van der Waals surface area (Å²) in [5.74, 6) is 7.05. The van der Waals surface area contributed by atoms with E-state index >= 15 is 0 Å². The number of aryl methyl sites for hydroxylation is 1. The van der Waals surface area contributed by atoms with Crippen LogP contribution in [0.15, 0.2) is 34.5 Å². The molecule has 5 nitrogen and oxygen atoms in total. The molecule has 1 aliphatic carbocycles. The molecule has 0 spiro atoms. The van der Waals surface area contributed by atoms with Gasteiger partial charge in [0, 0.05) is 17.0 Å². The van der Waals surface area contributed by atoms with E-state index in [-0.39, 0.29) is 5.96 Å². The van der Waals surface area contributed by atoms with E-state index < -0.39 is 0 Å². The molecule has 4 N–H and O–H groups in total. The van der Waals surface area contributed by atoms with Crippen LogP contribution in [-0.2, 0) is 0 Å². The zero-order chi connectivity index (χ0) is 17.1. The van der Waals surface area contributed by atoms with Crippen LogP contribution in [0.25, 0.3) is 10.6 Å². The molecule has 1 aromatic heterocycles. The van der Waals surface area contributed by atoms with Crippen LogP contribution in [0.1, 0.15) is 35.9 Å². The highest BCUT2D eigenvalue weighted by Crippen LogP contribution is 2.29. The van der Waals surface area contributed by atoms with Crippen LogP contribution in [-0.4, -0.2) is 16.7 Å². The normalized spacial score (nSPS) is 14.0. The van der Waals surface area contributed by atoms with Gasteiger partial charge in [-0.3, -0.25) is 0 Å². The topological polar surface area (TPSA) is 89.6 Å². The van der Waals surface area contributed by atoms with E-state index in [0.717, 1.165) is 32.4 Å². The van der Waals surface area contributed by atoms with Crippen molar-refractivity contribution < 1.29 is 0 Å². The molecule has 1 aromatic carbocycles. The fourth-order valence-electron chi connectivity index (χ4n) is 2.14. The van der Waals surface area contributed by atoms with Gasteiger partial charge in [-0.15, -0.1) is 16.4 Å². The first-order valence-corrected chi connectivity index (χ1v) is 8.57. The van der Waals surface area contributed by atoms with Crippen molar-refractivity contribution in [3.63, 3.8) is 0 Å². The number of hydrogen-bond acceptors (Lipinski definition) is 4. The Morgan fingerprint density at radius 2 is 1.92 bits per heavy atom. The quantitative estimate of drug-likeness (QED) is 0.390. The number of thiazole rings is 1. The molecule has 1 fully saturated rings. The number of nitrogens with two attached hydrogens (primary N) is 2. The van der Waals surface area contributed by atoms with E-state index in [9.17, 15) is 0 Å². The van der Waals surface area contributed by atoms with E-state index in [0.29, 0.717) is 5.92 Å². The van der Waals surface area contributed by atoms with Crippen molar-refractivity contribution in [2.45, 2.75) is 26.7 Å². The first kappa shape index (κ1) is 16.2. The molecule has 24 heavy (non-hydrogen) atoms. The highest BCUT2D eigenvalue weighted by Gasteiger charge is 2.17. The molecule has 1 saturated carbocycles. The molecule has 0 atom stereocenters. The summed E-state index contributed by atoms with van der Waals surface area (Å²) < 4.78 is 0. The van der Waals surface area contributed by atoms with Gasteiger partial charge in [-0.25, -0.2) is 4.98 Å². The Morgan fingerprint density at radius 1 is 1.21 bits per heavy atom. The second-order valence-electron chi connectivity index (χ2n) is 5.76. The molecule has 6 heteroatoms. The Morgan fingerprint density at radius 3 is 2.54 bits per heavy atom. The first-order chi connectivity index (χ1) is 11.5. The maximum Gasteiger partial charge on any atom is 0.211 e. The highest BCUT2D eigenvalue weighted by atomic mass is 32.1. The van der Waals surface area contributed by atoms with E-state index in [2.05, 4.69) is 39.2 Å². The molecule has 1 heterocycles. The Kier molecular flexibility index (Phi) is 4.63. The van der Waals surface area contributed by atoms with Crippen molar-refractivity contribution >= 4 is 23.0 Å². The standard InChI is InChI=1S/C18H19N5S/c1-11-16(12(2)22-23-18(19)20)24-17(21-11)15-9-7-14(8-10-15)6-5-13-3-4-13/h7-10,13H,3-4H2,1-2H3,(H4,19,20,23)/b22-12+. The summed E-state index contributed by atoms with van der Waals surface area (Å²) >= 11 is 1.58. The SMILES string of the molecule is C/C(=N\N=C(N)N)c1sc(-c2ccc(C#CC3CC3)cc2)nc1C. The monoisotopic (exact) mass is 337 g/mol. The van der Waals surface area contributed by atoms with Crippen molar-refractivity contribution in [1.82, 2.24) is 4.98 Å². The van der Waals surface area contributed by atoms with Gasteiger partial charge >= 0.3 is 0 Å². The number of hydrogen-bond donors (Lipinski definition) is 2. The van der Waals surface area contributed by atoms with Gasteiger partial charge in [0.05, 0.1) is 16.3 Å². The summed E-state index contributed by atoms with van der Waals surface area (Å²) in [6.45, 7) is 3.83. The van der Waals surface area contributed by atoms with Gasteiger partial charge in [0.1, 0.15) is 5.01 Å². The number of rotatable bonds is 3. The molecule has 2 aromatic rings. The minimum atomic E-state index is -0.0559. The fourth-order valence-corrected chi connectivity index (χ4v) is 3.15. The van der Waals surface area contributed by atoms with Crippen molar-refractivity contribution in [2.24, 2.45) is 27.6 Å². The van der Waals surface area contributed by atoms with Gasteiger partial charge in [0.2, 0.25) is 5.96 Å². The molecule has 0 radical (unpaired) electrons. The minimum Gasteiger partial charge on any atom is -0.369 e. The molecule has 0 aliphatic heterocycles. The molecule has 0 saturated heterocycles. The molecular formula is C18H19N5S. The van der Waals surface area contributed by atoms with Gasteiger partial charge in [-0.2, -0.15) is 5.10 Å². The average molecular weight is 337 g/mol. The number of guanidine groups is 1. The third-order valence-corrected chi connectivity index (χ3v) is 4.89. The Hall–Kier alpha value is -2.65.